The molecule has 2 N–H and O–H groups in total. The molecule has 0 bridgehead atoms. The smallest absolute Gasteiger partial charge is 0.328 e. The van der Waals surface area contributed by atoms with Gasteiger partial charge in [0.05, 0.1) is 14.2 Å². The summed E-state index contributed by atoms with van der Waals surface area (Å²) in [5.74, 6) is -0.411. The van der Waals surface area contributed by atoms with E-state index < -0.39 is 24.5 Å². The second-order valence-electron chi connectivity index (χ2n) is 6.64. The highest BCUT2D eigenvalue weighted by Crippen LogP contribution is 2.27. The first-order valence-electron chi connectivity index (χ1n) is 9.35. The largest absolute Gasteiger partial charge is 0.493 e. The molecule has 8 nitrogen and oxygen atoms in total. The Morgan fingerprint density at radius 1 is 1.00 bits per heavy atom. The molecule has 0 aromatic heterocycles. The van der Waals surface area contributed by atoms with Gasteiger partial charge in [0.1, 0.15) is 6.04 Å². The number of aryl methyl sites for hydroxylation is 1. The molecule has 0 saturated carbocycles. The van der Waals surface area contributed by atoms with Crippen LogP contribution < -0.4 is 20.1 Å². The van der Waals surface area contributed by atoms with E-state index in [1.807, 2.05) is 13.0 Å². The van der Waals surface area contributed by atoms with Crippen LogP contribution in [0, 0.1) is 6.92 Å². The lowest BCUT2D eigenvalue weighted by molar-refractivity contribution is -0.150. The van der Waals surface area contributed by atoms with Gasteiger partial charge in [-0.15, -0.1) is 0 Å². The van der Waals surface area contributed by atoms with Crippen molar-refractivity contribution >= 4 is 17.8 Å². The molecule has 2 rings (SSSR count). The van der Waals surface area contributed by atoms with Crippen LogP contribution in [0.15, 0.2) is 42.5 Å². The zero-order chi connectivity index (χ0) is 22.1. The number of carbonyl (C=O) groups is 3. The number of hydrogen-bond acceptors (Lipinski definition) is 6. The van der Waals surface area contributed by atoms with E-state index in [-0.39, 0.29) is 12.5 Å². The van der Waals surface area contributed by atoms with E-state index in [2.05, 4.69) is 10.6 Å². The zero-order valence-electron chi connectivity index (χ0n) is 17.5. The van der Waals surface area contributed by atoms with Gasteiger partial charge in [-0.05, 0) is 43.7 Å². The van der Waals surface area contributed by atoms with Crippen LogP contribution in [0.3, 0.4) is 0 Å². The lowest BCUT2D eigenvalue weighted by atomic mass is 10.1. The number of rotatable bonds is 9. The first-order valence-corrected chi connectivity index (χ1v) is 9.35. The summed E-state index contributed by atoms with van der Waals surface area (Å²) in [6.07, 6.45) is 0. The minimum Gasteiger partial charge on any atom is -0.493 e. The van der Waals surface area contributed by atoms with E-state index in [0.717, 1.165) is 11.1 Å². The van der Waals surface area contributed by atoms with Crippen molar-refractivity contribution in [2.45, 2.75) is 26.4 Å². The van der Waals surface area contributed by atoms with Crippen molar-refractivity contribution in [2.75, 3.05) is 20.8 Å². The zero-order valence-corrected chi connectivity index (χ0v) is 17.5. The molecule has 0 spiro atoms. The molecule has 2 aromatic rings. The molecule has 0 aliphatic rings. The van der Waals surface area contributed by atoms with Crippen molar-refractivity contribution in [3.63, 3.8) is 0 Å². The summed E-state index contributed by atoms with van der Waals surface area (Å²) in [4.78, 5) is 36.2. The normalized spacial score (nSPS) is 11.2. The first-order chi connectivity index (χ1) is 14.3. The molecule has 0 saturated heterocycles. The maximum absolute atomic E-state index is 12.2. The highest BCUT2D eigenvalue weighted by Gasteiger charge is 2.19. The number of nitrogens with one attached hydrogen (secondary N) is 2. The second-order valence-corrected chi connectivity index (χ2v) is 6.64. The third kappa shape index (κ3) is 6.51. The SMILES string of the molecule is COc1ccc(CNC(=O)COC(=O)[C@H](C)NC(=O)c2cccc(C)c2)cc1OC. The predicted octanol–water partition coefficient (Wildman–Crippen LogP) is 1.99. The lowest BCUT2D eigenvalue weighted by Gasteiger charge is -2.14. The minimum atomic E-state index is -0.892. The minimum absolute atomic E-state index is 0.233. The summed E-state index contributed by atoms with van der Waals surface area (Å²) in [5, 5.41) is 5.21. The average Bonchev–Trinajstić information content (AvgIpc) is 2.75. The highest BCUT2D eigenvalue weighted by molar-refractivity contribution is 5.97. The van der Waals surface area contributed by atoms with Crippen LogP contribution in [-0.4, -0.2) is 44.7 Å². The molecule has 1 atom stereocenters. The van der Waals surface area contributed by atoms with Crippen molar-refractivity contribution in [3.8, 4) is 11.5 Å². The fourth-order valence-corrected chi connectivity index (χ4v) is 2.63. The molecule has 0 aliphatic carbocycles. The molecule has 0 radical (unpaired) electrons. The molecule has 0 aliphatic heterocycles. The summed E-state index contributed by atoms with van der Waals surface area (Å²) < 4.78 is 15.4. The number of amides is 2. The molecule has 160 valence electrons. The van der Waals surface area contributed by atoms with Crippen molar-refractivity contribution in [3.05, 3.63) is 59.2 Å². The topological polar surface area (TPSA) is 103 Å². The predicted molar refractivity (Wildman–Crippen MR) is 110 cm³/mol. The Labute approximate surface area is 175 Å². The van der Waals surface area contributed by atoms with Gasteiger partial charge in [0.2, 0.25) is 0 Å². The summed E-state index contributed by atoms with van der Waals surface area (Å²) in [5.41, 5.74) is 2.18. The van der Waals surface area contributed by atoms with Gasteiger partial charge in [-0.2, -0.15) is 0 Å². The van der Waals surface area contributed by atoms with Crippen LogP contribution in [0.4, 0.5) is 0 Å². The Bertz CT molecular complexity index is 912. The molecular weight excluding hydrogens is 388 g/mol. The van der Waals surface area contributed by atoms with Crippen LogP contribution in [-0.2, 0) is 20.9 Å². The van der Waals surface area contributed by atoms with E-state index in [0.29, 0.717) is 17.1 Å². The third-order valence-corrected chi connectivity index (χ3v) is 4.26. The van der Waals surface area contributed by atoms with Gasteiger partial charge in [0.25, 0.3) is 11.8 Å². The Morgan fingerprint density at radius 3 is 2.40 bits per heavy atom. The number of methoxy groups -OCH3 is 2. The van der Waals surface area contributed by atoms with Gasteiger partial charge in [0, 0.05) is 12.1 Å². The number of esters is 1. The number of carbonyl (C=O) groups excluding carboxylic acids is 3. The fraction of sp³-hybridized carbons (Fsp3) is 0.318. The highest BCUT2D eigenvalue weighted by atomic mass is 16.5. The lowest BCUT2D eigenvalue weighted by Crippen LogP contribution is -2.41. The van der Waals surface area contributed by atoms with Gasteiger partial charge in [0.15, 0.2) is 18.1 Å². The average molecular weight is 414 g/mol. The molecule has 30 heavy (non-hydrogen) atoms. The molecule has 8 heteroatoms. The maximum Gasteiger partial charge on any atom is 0.328 e. The van der Waals surface area contributed by atoms with Crippen LogP contribution >= 0.6 is 0 Å². The van der Waals surface area contributed by atoms with Crippen molar-refractivity contribution in [1.29, 1.82) is 0 Å². The maximum atomic E-state index is 12.2. The number of hydrogen-bond donors (Lipinski definition) is 2. The molecule has 0 heterocycles. The van der Waals surface area contributed by atoms with Gasteiger partial charge in [-0.3, -0.25) is 9.59 Å². The summed E-state index contributed by atoms with van der Waals surface area (Å²) in [6.45, 7) is 3.15. The molecule has 0 fully saturated rings. The van der Waals surface area contributed by atoms with Gasteiger partial charge < -0.3 is 24.8 Å². The quantitative estimate of drug-likeness (QED) is 0.609. The van der Waals surface area contributed by atoms with Crippen LogP contribution in [0.2, 0.25) is 0 Å². The van der Waals surface area contributed by atoms with E-state index in [1.54, 1.807) is 36.4 Å². The summed E-state index contributed by atoms with van der Waals surface area (Å²) in [7, 11) is 3.07. The molecular formula is C22H26N2O6. The van der Waals surface area contributed by atoms with E-state index in [9.17, 15) is 14.4 Å². The number of ether oxygens (including phenoxy) is 3. The first kappa shape index (κ1) is 22.7. The summed E-state index contributed by atoms with van der Waals surface area (Å²) in [6, 6.07) is 11.4. The fourth-order valence-electron chi connectivity index (χ4n) is 2.63. The Morgan fingerprint density at radius 2 is 1.73 bits per heavy atom. The molecule has 2 aromatic carbocycles. The molecule has 0 unspecified atom stereocenters. The summed E-state index contributed by atoms with van der Waals surface area (Å²) >= 11 is 0. The third-order valence-electron chi connectivity index (χ3n) is 4.26. The van der Waals surface area contributed by atoms with E-state index in [4.69, 9.17) is 14.2 Å². The van der Waals surface area contributed by atoms with E-state index in [1.165, 1.54) is 21.1 Å². The van der Waals surface area contributed by atoms with Gasteiger partial charge in [-0.25, -0.2) is 4.79 Å². The number of benzene rings is 2. The standard InChI is InChI=1S/C22H26N2O6/c1-14-6-5-7-17(10-14)21(26)24-15(2)22(27)30-13-20(25)23-12-16-8-9-18(28-3)19(11-16)29-4/h5-11,15H,12-13H2,1-4H3,(H,23,25)(H,24,26)/t15-/m0/s1. The second kappa shape index (κ2) is 10.8. The van der Waals surface area contributed by atoms with Crippen LogP contribution in [0.25, 0.3) is 0 Å². The Kier molecular flexibility index (Phi) is 8.22. The van der Waals surface area contributed by atoms with Crippen molar-refractivity contribution < 1.29 is 28.6 Å². The Balaban J connectivity index is 1.78. The van der Waals surface area contributed by atoms with E-state index >= 15 is 0 Å². The van der Waals surface area contributed by atoms with Crippen molar-refractivity contribution in [1.82, 2.24) is 10.6 Å². The van der Waals surface area contributed by atoms with Crippen LogP contribution in [0.5, 0.6) is 11.5 Å². The monoisotopic (exact) mass is 414 g/mol. The van der Waals surface area contributed by atoms with Gasteiger partial charge >= 0.3 is 5.97 Å². The molecule has 2 amide bonds. The Hall–Kier alpha value is -3.55. The van der Waals surface area contributed by atoms with Crippen molar-refractivity contribution in [2.24, 2.45) is 0 Å². The van der Waals surface area contributed by atoms with Gasteiger partial charge in [-0.1, -0.05) is 23.8 Å². The van der Waals surface area contributed by atoms with Crippen LogP contribution in [0.1, 0.15) is 28.4 Å².